The zero-order valence-electron chi connectivity index (χ0n) is 12.8. The molecule has 0 amide bonds. The molecule has 7 heteroatoms. The molecular weight excluding hydrogens is 306 g/mol. The molecule has 0 aliphatic rings. The van der Waals surface area contributed by atoms with Crippen LogP contribution in [0.1, 0.15) is 12.7 Å². The zero-order chi connectivity index (χ0) is 16.2. The predicted molar refractivity (Wildman–Crippen MR) is 81.5 cm³/mol. The third-order valence-corrected chi connectivity index (χ3v) is 5.20. The van der Waals surface area contributed by atoms with Crippen LogP contribution in [0.2, 0.25) is 0 Å². The molecule has 0 bridgehead atoms. The van der Waals surface area contributed by atoms with Crippen LogP contribution >= 0.6 is 0 Å². The third kappa shape index (κ3) is 3.26. The summed E-state index contributed by atoms with van der Waals surface area (Å²) in [6.45, 7) is 2.24. The van der Waals surface area contributed by atoms with Gasteiger partial charge in [-0.1, -0.05) is 6.92 Å². The number of furan rings is 1. The Kier molecular flexibility index (Phi) is 5.10. The lowest BCUT2D eigenvalue weighted by Crippen LogP contribution is -2.30. The molecule has 0 radical (unpaired) electrons. The van der Waals surface area contributed by atoms with Crippen molar-refractivity contribution in [3.05, 3.63) is 42.4 Å². The Morgan fingerprint density at radius 2 is 1.95 bits per heavy atom. The number of methoxy groups -OCH3 is 2. The van der Waals surface area contributed by atoms with E-state index in [4.69, 9.17) is 13.9 Å². The molecule has 1 aromatic carbocycles. The lowest BCUT2D eigenvalue weighted by atomic mass is 10.3. The van der Waals surface area contributed by atoms with Crippen molar-refractivity contribution in [3.63, 3.8) is 0 Å². The summed E-state index contributed by atoms with van der Waals surface area (Å²) in [5, 5.41) is 0. The minimum atomic E-state index is -3.73. The van der Waals surface area contributed by atoms with Crippen molar-refractivity contribution in [2.45, 2.75) is 18.4 Å². The van der Waals surface area contributed by atoms with Gasteiger partial charge in [-0.2, -0.15) is 4.31 Å². The van der Waals surface area contributed by atoms with Gasteiger partial charge in [-0.05, 0) is 24.3 Å². The minimum absolute atomic E-state index is 0.0720. The van der Waals surface area contributed by atoms with Gasteiger partial charge < -0.3 is 13.9 Å². The van der Waals surface area contributed by atoms with Gasteiger partial charge in [0.05, 0.1) is 27.0 Å². The first-order valence-corrected chi connectivity index (χ1v) is 8.21. The molecule has 0 saturated heterocycles. The summed E-state index contributed by atoms with van der Waals surface area (Å²) in [5.41, 5.74) is 0. The monoisotopic (exact) mass is 325 g/mol. The van der Waals surface area contributed by atoms with Crippen LogP contribution in [0.5, 0.6) is 11.5 Å². The van der Waals surface area contributed by atoms with Gasteiger partial charge in [0, 0.05) is 12.6 Å². The Morgan fingerprint density at radius 1 is 1.18 bits per heavy atom. The van der Waals surface area contributed by atoms with E-state index in [0.29, 0.717) is 18.1 Å². The highest BCUT2D eigenvalue weighted by molar-refractivity contribution is 7.89. The van der Waals surface area contributed by atoms with E-state index in [9.17, 15) is 8.42 Å². The number of benzene rings is 1. The Hall–Kier alpha value is -1.99. The lowest BCUT2D eigenvalue weighted by Gasteiger charge is -2.21. The lowest BCUT2D eigenvalue weighted by molar-refractivity contribution is 0.365. The first-order valence-electron chi connectivity index (χ1n) is 6.77. The number of ether oxygens (including phenoxy) is 2. The van der Waals surface area contributed by atoms with E-state index in [1.807, 2.05) is 0 Å². The van der Waals surface area contributed by atoms with E-state index in [1.54, 1.807) is 31.2 Å². The Morgan fingerprint density at radius 3 is 2.50 bits per heavy atom. The largest absolute Gasteiger partial charge is 0.497 e. The molecule has 0 unspecified atom stereocenters. The smallest absolute Gasteiger partial charge is 0.247 e. The number of hydrogen-bond acceptors (Lipinski definition) is 5. The van der Waals surface area contributed by atoms with Gasteiger partial charge >= 0.3 is 0 Å². The molecule has 1 heterocycles. The molecule has 22 heavy (non-hydrogen) atoms. The van der Waals surface area contributed by atoms with Crippen LogP contribution in [-0.4, -0.2) is 33.5 Å². The topological polar surface area (TPSA) is 69.0 Å². The van der Waals surface area contributed by atoms with Gasteiger partial charge in [0.1, 0.15) is 22.2 Å². The van der Waals surface area contributed by atoms with E-state index in [2.05, 4.69) is 0 Å². The summed E-state index contributed by atoms with van der Waals surface area (Å²) in [6.07, 6.45) is 1.52. The zero-order valence-corrected chi connectivity index (χ0v) is 13.6. The van der Waals surface area contributed by atoms with Crippen molar-refractivity contribution < 1.29 is 22.3 Å². The second-order valence-electron chi connectivity index (χ2n) is 4.53. The Balaban J connectivity index is 2.43. The van der Waals surface area contributed by atoms with Crippen LogP contribution in [0.25, 0.3) is 0 Å². The van der Waals surface area contributed by atoms with Gasteiger partial charge in [0.2, 0.25) is 10.0 Å². The maximum Gasteiger partial charge on any atom is 0.247 e. The SMILES string of the molecule is CCN(Cc1ccco1)S(=O)(=O)c1cc(OC)ccc1OC. The molecule has 2 rings (SSSR count). The fourth-order valence-electron chi connectivity index (χ4n) is 2.07. The van der Waals surface area contributed by atoms with E-state index in [0.717, 1.165) is 0 Å². The predicted octanol–water partition coefficient (Wildman–Crippen LogP) is 2.51. The van der Waals surface area contributed by atoms with E-state index in [1.165, 1.54) is 30.9 Å². The molecule has 0 saturated carbocycles. The summed E-state index contributed by atoms with van der Waals surface area (Å²) >= 11 is 0. The van der Waals surface area contributed by atoms with E-state index >= 15 is 0 Å². The maximum atomic E-state index is 12.9. The highest BCUT2D eigenvalue weighted by atomic mass is 32.2. The molecule has 2 aromatic rings. The molecule has 0 aliphatic heterocycles. The van der Waals surface area contributed by atoms with Crippen molar-refractivity contribution in [1.29, 1.82) is 0 Å². The quantitative estimate of drug-likeness (QED) is 0.782. The summed E-state index contributed by atoms with van der Waals surface area (Å²) in [4.78, 5) is 0.0720. The summed E-state index contributed by atoms with van der Waals surface area (Å²) in [7, 11) is -0.815. The first kappa shape index (κ1) is 16.4. The van der Waals surface area contributed by atoms with Crippen molar-refractivity contribution in [2.24, 2.45) is 0 Å². The molecule has 0 atom stereocenters. The maximum absolute atomic E-state index is 12.9. The van der Waals surface area contributed by atoms with Gasteiger partial charge in [-0.25, -0.2) is 8.42 Å². The van der Waals surface area contributed by atoms with Crippen LogP contribution < -0.4 is 9.47 Å². The molecule has 1 aromatic heterocycles. The second kappa shape index (κ2) is 6.85. The number of nitrogens with zero attached hydrogens (tertiary/aromatic N) is 1. The minimum Gasteiger partial charge on any atom is -0.497 e. The fraction of sp³-hybridized carbons (Fsp3) is 0.333. The molecule has 120 valence electrons. The summed E-state index contributed by atoms with van der Waals surface area (Å²) in [6, 6.07) is 8.15. The highest BCUT2D eigenvalue weighted by Gasteiger charge is 2.28. The van der Waals surface area contributed by atoms with Crippen molar-refractivity contribution in [2.75, 3.05) is 20.8 Å². The first-order chi connectivity index (χ1) is 10.5. The Labute approximate surface area is 130 Å². The molecule has 0 aliphatic carbocycles. The number of sulfonamides is 1. The summed E-state index contributed by atoms with van der Waals surface area (Å²) < 4.78 is 42.6. The van der Waals surface area contributed by atoms with Crippen molar-refractivity contribution in [3.8, 4) is 11.5 Å². The van der Waals surface area contributed by atoms with Crippen LogP contribution in [0.4, 0.5) is 0 Å². The van der Waals surface area contributed by atoms with Crippen LogP contribution in [0, 0.1) is 0 Å². The van der Waals surface area contributed by atoms with Crippen molar-refractivity contribution in [1.82, 2.24) is 4.31 Å². The number of hydrogen-bond donors (Lipinski definition) is 0. The van der Waals surface area contributed by atoms with Gasteiger partial charge in [0.25, 0.3) is 0 Å². The third-order valence-electron chi connectivity index (χ3n) is 3.25. The van der Waals surface area contributed by atoms with Crippen LogP contribution in [-0.2, 0) is 16.6 Å². The molecular formula is C15H19NO5S. The van der Waals surface area contributed by atoms with Crippen molar-refractivity contribution >= 4 is 10.0 Å². The van der Waals surface area contributed by atoms with Gasteiger partial charge in [-0.15, -0.1) is 0 Å². The molecule has 6 nitrogen and oxygen atoms in total. The second-order valence-corrected chi connectivity index (χ2v) is 6.43. The van der Waals surface area contributed by atoms with Crippen LogP contribution in [0.15, 0.2) is 45.9 Å². The number of rotatable bonds is 7. The van der Waals surface area contributed by atoms with E-state index < -0.39 is 10.0 Å². The normalized spacial score (nSPS) is 11.6. The Bertz CT molecular complexity index is 710. The van der Waals surface area contributed by atoms with E-state index in [-0.39, 0.29) is 17.2 Å². The average Bonchev–Trinajstić information content (AvgIpc) is 3.04. The average molecular weight is 325 g/mol. The standard InChI is InChI=1S/C15H19NO5S/c1-4-16(11-13-6-5-9-21-13)22(17,18)15-10-12(19-2)7-8-14(15)20-3/h5-10H,4,11H2,1-3H3. The van der Waals surface area contributed by atoms with Gasteiger partial charge in [-0.3, -0.25) is 0 Å². The fourth-order valence-corrected chi connectivity index (χ4v) is 3.65. The van der Waals surface area contributed by atoms with Crippen LogP contribution in [0.3, 0.4) is 0 Å². The molecule has 0 N–H and O–H groups in total. The summed E-state index contributed by atoms with van der Waals surface area (Å²) in [5.74, 6) is 1.31. The molecule has 0 fully saturated rings. The van der Waals surface area contributed by atoms with Gasteiger partial charge in [0.15, 0.2) is 0 Å². The highest BCUT2D eigenvalue weighted by Crippen LogP contribution is 2.31. The molecule has 0 spiro atoms.